The van der Waals surface area contributed by atoms with Crippen molar-refractivity contribution < 1.29 is 14.0 Å². The van der Waals surface area contributed by atoms with Gasteiger partial charge in [-0.3, -0.25) is 9.69 Å². The number of hydrogen-bond acceptors (Lipinski definition) is 5. The number of benzene rings is 3. The van der Waals surface area contributed by atoms with E-state index in [1.807, 2.05) is 43.4 Å². The van der Waals surface area contributed by atoms with Gasteiger partial charge in [0.1, 0.15) is 23.7 Å². The molecular formula is C30H33N3O3. The monoisotopic (exact) mass is 483 g/mol. The van der Waals surface area contributed by atoms with Crippen LogP contribution in [0, 0.1) is 0 Å². The number of aldehydes is 1. The number of carbonyl (C=O) groups excluding carboxylic acids is 2. The molecule has 1 aliphatic heterocycles. The Morgan fingerprint density at radius 3 is 2.58 bits per heavy atom. The van der Waals surface area contributed by atoms with E-state index in [9.17, 15) is 9.59 Å². The van der Waals surface area contributed by atoms with Crippen LogP contribution in [0.3, 0.4) is 0 Å². The Morgan fingerprint density at radius 2 is 1.81 bits per heavy atom. The number of rotatable bonds is 8. The molecule has 1 N–H and O–H groups in total. The first kappa shape index (κ1) is 24.2. The number of hydrogen-bond donors (Lipinski definition) is 1. The maximum Gasteiger partial charge on any atom is 0.240 e. The average molecular weight is 484 g/mol. The quantitative estimate of drug-likeness (QED) is 0.381. The summed E-state index contributed by atoms with van der Waals surface area (Å²) in [6, 6.07) is 21.7. The third-order valence-electron chi connectivity index (χ3n) is 7.38. The van der Waals surface area contributed by atoms with Gasteiger partial charge in [-0.1, -0.05) is 67.6 Å². The Balaban J connectivity index is 1.31. The predicted octanol–water partition coefficient (Wildman–Crippen LogP) is 4.19. The van der Waals surface area contributed by atoms with Gasteiger partial charge in [0.25, 0.3) is 0 Å². The molecule has 1 aromatic heterocycles. The lowest BCUT2D eigenvalue weighted by Crippen LogP contribution is -2.59. The Morgan fingerprint density at radius 1 is 1.06 bits per heavy atom. The van der Waals surface area contributed by atoms with Gasteiger partial charge in [-0.15, -0.1) is 0 Å². The SMILES string of the molecule is CCc1oc2ccccc2c1CN1CCN(C(=O)C(Cc2cccc3ccccc23)NC)C(C=O)C1. The Labute approximate surface area is 211 Å². The minimum absolute atomic E-state index is 0.0230. The van der Waals surface area contributed by atoms with Crippen molar-refractivity contribution in [2.45, 2.75) is 38.4 Å². The van der Waals surface area contributed by atoms with Crippen molar-refractivity contribution in [3.63, 3.8) is 0 Å². The van der Waals surface area contributed by atoms with Gasteiger partial charge >= 0.3 is 0 Å². The Bertz CT molecular complexity index is 1370. The van der Waals surface area contributed by atoms with Crippen LogP contribution in [0.2, 0.25) is 0 Å². The average Bonchev–Trinajstić information content (AvgIpc) is 3.28. The van der Waals surface area contributed by atoms with Crippen LogP contribution in [0.4, 0.5) is 0 Å². The number of para-hydroxylation sites is 1. The zero-order chi connectivity index (χ0) is 25.1. The molecule has 0 saturated carbocycles. The summed E-state index contributed by atoms with van der Waals surface area (Å²) in [5, 5.41) is 6.65. The van der Waals surface area contributed by atoms with Gasteiger partial charge in [-0.05, 0) is 35.9 Å². The molecule has 1 fully saturated rings. The maximum atomic E-state index is 13.6. The van der Waals surface area contributed by atoms with E-state index < -0.39 is 12.1 Å². The summed E-state index contributed by atoms with van der Waals surface area (Å²) in [6.45, 7) is 4.55. The largest absolute Gasteiger partial charge is 0.461 e. The molecule has 4 aromatic rings. The van der Waals surface area contributed by atoms with E-state index in [1.54, 1.807) is 4.90 Å². The molecule has 0 spiro atoms. The highest BCUT2D eigenvalue weighted by atomic mass is 16.3. The van der Waals surface area contributed by atoms with Crippen molar-refractivity contribution >= 4 is 33.9 Å². The standard InChI is InChI=1S/C30H33N3O3/c1-3-28-26(25-13-6-7-14-29(25)36-28)19-32-15-16-33(23(18-32)20-34)30(35)27(31-2)17-22-11-8-10-21-9-4-5-12-24(21)22/h4-14,20,23,27,31H,3,15-19H2,1-2H3. The van der Waals surface area contributed by atoms with Gasteiger partial charge in [0, 0.05) is 43.5 Å². The van der Waals surface area contributed by atoms with Gasteiger partial charge < -0.3 is 19.4 Å². The summed E-state index contributed by atoms with van der Waals surface area (Å²) >= 11 is 0. The van der Waals surface area contributed by atoms with E-state index in [-0.39, 0.29) is 5.91 Å². The minimum Gasteiger partial charge on any atom is -0.461 e. The summed E-state index contributed by atoms with van der Waals surface area (Å²) in [5.41, 5.74) is 3.21. The fourth-order valence-corrected chi connectivity index (χ4v) is 5.44. The summed E-state index contributed by atoms with van der Waals surface area (Å²) in [6.07, 6.45) is 2.31. The van der Waals surface area contributed by atoms with E-state index in [4.69, 9.17) is 4.42 Å². The third kappa shape index (κ3) is 4.66. The molecular weight excluding hydrogens is 450 g/mol. The Kier molecular flexibility index (Phi) is 7.16. The first-order valence-electron chi connectivity index (χ1n) is 12.7. The van der Waals surface area contributed by atoms with E-state index in [2.05, 4.69) is 47.5 Å². The number of carbonyl (C=O) groups is 2. The van der Waals surface area contributed by atoms with Crippen molar-refractivity contribution in [1.82, 2.24) is 15.1 Å². The zero-order valence-corrected chi connectivity index (χ0v) is 20.9. The number of nitrogens with zero attached hydrogens (tertiary/aromatic N) is 2. The minimum atomic E-state index is -0.474. The molecule has 6 heteroatoms. The second-order valence-electron chi connectivity index (χ2n) is 9.51. The van der Waals surface area contributed by atoms with Crippen LogP contribution in [0.25, 0.3) is 21.7 Å². The molecule has 0 radical (unpaired) electrons. The molecule has 6 nitrogen and oxygen atoms in total. The van der Waals surface area contributed by atoms with Crippen molar-refractivity contribution in [1.29, 1.82) is 0 Å². The molecule has 3 aromatic carbocycles. The summed E-state index contributed by atoms with van der Waals surface area (Å²) < 4.78 is 6.07. The fraction of sp³-hybridized carbons (Fsp3) is 0.333. The van der Waals surface area contributed by atoms with Gasteiger partial charge in [-0.2, -0.15) is 0 Å². The van der Waals surface area contributed by atoms with Crippen LogP contribution in [-0.4, -0.2) is 60.8 Å². The summed E-state index contributed by atoms with van der Waals surface area (Å²) in [7, 11) is 1.82. The Hall–Kier alpha value is -3.48. The number of aryl methyl sites for hydroxylation is 1. The van der Waals surface area contributed by atoms with Crippen LogP contribution in [-0.2, 0) is 29.0 Å². The molecule has 5 rings (SSSR count). The van der Waals surface area contributed by atoms with Gasteiger partial charge in [0.05, 0.1) is 6.04 Å². The highest BCUT2D eigenvalue weighted by Gasteiger charge is 2.34. The highest BCUT2D eigenvalue weighted by Crippen LogP contribution is 2.28. The molecule has 2 atom stereocenters. The van der Waals surface area contributed by atoms with Crippen molar-refractivity contribution in [2.24, 2.45) is 0 Å². The molecule has 0 bridgehead atoms. The lowest BCUT2D eigenvalue weighted by molar-refractivity contribution is -0.141. The molecule has 186 valence electrons. The first-order valence-corrected chi connectivity index (χ1v) is 12.7. The lowest BCUT2D eigenvalue weighted by atomic mass is 9.97. The number of furan rings is 1. The normalized spacial score (nSPS) is 17.5. The van der Waals surface area contributed by atoms with Crippen LogP contribution >= 0.6 is 0 Å². The summed E-state index contributed by atoms with van der Waals surface area (Å²) in [5.74, 6) is 0.966. The van der Waals surface area contributed by atoms with Gasteiger partial charge in [0.2, 0.25) is 5.91 Å². The first-order chi connectivity index (χ1) is 17.6. The van der Waals surface area contributed by atoms with Crippen LogP contribution in [0.15, 0.2) is 71.1 Å². The molecule has 36 heavy (non-hydrogen) atoms. The topological polar surface area (TPSA) is 65.8 Å². The van der Waals surface area contributed by atoms with Crippen molar-refractivity contribution in [3.05, 3.63) is 83.6 Å². The van der Waals surface area contributed by atoms with Gasteiger partial charge in [-0.25, -0.2) is 0 Å². The van der Waals surface area contributed by atoms with E-state index in [0.29, 0.717) is 32.6 Å². The predicted molar refractivity (Wildman–Crippen MR) is 143 cm³/mol. The van der Waals surface area contributed by atoms with Crippen LogP contribution in [0.5, 0.6) is 0 Å². The van der Waals surface area contributed by atoms with Crippen molar-refractivity contribution in [3.8, 4) is 0 Å². The lowest BCUT2D eigenvalue weighted by Gasteiger charge is -2.40. The second kappa shape index (κ2) is 10.6. The van der Waals surface area contributed by atoms with Crippen LogP contribution < -0.4 is 5.32 Å². The molecule has 1 aliphatic rings. The highest BCUT2D eigenvalue weighted by molar-refractivity contribution is 5.89. The number of nitrogens with one attached hydrogen (secondary N) is 1. The second-order valence-corrected chi connectivity index (χ2v) is 9.51. The number of amides is 1. The van der Waals surface area contributed by atoms with E-state index in [0.717, 1.165) is 45.8 Å². The number of piperazine rings is 1. The fourth-order valence-electron chi connectivity index (χ4n) is 5.44. The van der Waals surface area contributed by atoms with Gasteiger partial charge in [0.15, 0.2) is 0 Å². The summed E-state index contributed by atoms with van der Waals surface area (Å²) in [4.78, 5) is 29.8. The molecule has 2 unspecified atom stereocenters. The molecule has 2 heterocycles. The molecule has 0 aliphatic carbocycles. The van der Waals surface area contributed by atoms with Crippen LogP contribution in [0.1, 0.15) is 23.8 Å². The smallest absolute Gasteiger partial charge is 0.240 e. The zero-order valence-electron chi connectivity index (χ0n) is 20.9. The maximum absolute atomic E-state index is 13.6. The van der Waals surface area contributed by atoms with Crippen molar-refractivity contribution in [2.75, 3.05) is 26.7 Å². The van der Waals surface area contributed by atoms with E-state index in [1.165, 1.54) is 5.56 Å². The third-order valence-corrected chi connectivity index (χ3v) is 7.38. The molecule has 1 amide bonds. The number of likely N-dealkylation sites (N-methyl/N-ethyl adjacent to an activating group) is 1. The molecule has 1 saturated heterocycles. The van der Waals surface area contributed by atoms with E-state index >= 15 is 0 Å². The number of fused-ring (bicyclic) bond motifs is 2.